The molecular formula is C43H31NO. The molecule has 0 saturated heterocycles. The zero-order chi connectivity index (χ0) is 30.1. The molecule has 1 aliphatic carbocycles. The van der Waals surface area contributed by atoms with Crippen molar-refractivity contribution in [2.75, 3.05) is 4.90 Å². The monoisotopic (exact) mass is 577 g/mol. The largest absolute Gasteiger partial charge is 0.454 e. The first kappa shape index (κ1) is 25.9. The first-order valence-corrected chi connectivity index (χ1v) is 15.6. The molecule has 8 aromatic rings. The highest BCUT2D eigenvalue weighted by atomic mass is 16.3. The zero-order valence-electron chi connectivity index (χ0n) is 25.3. The number of fused-ring (bicyclic) bond motifs is 7. The number of benzene rings is 7. The van der Waals surface area contributed by atoms with E-state index in [0.29, 0.717) is 0 Å². The number of nitrogens with zero attached hydrogens (tertiary/aromatic N) is 1. The van der Waals surface area contributed by atoms with Crippen molar-refractivity contribution < 1.29 is 4.42 Å². The molecule has 214 valence electrons. The van der Waals surface area contributed by atoms with E-state index in [0.717, 1.165) is 39.0 Å². The Morgan fingerprint density at radius 3 is 2.02 bits per heavy atom. The smallest absolute Gasteiger partial charge is 0.159 e. The molecule has 0 atom stereocenters. The van der Waals surface area contributed by atoms with Gasteiger partial charge in [-0.2, -0.15) is 0 Å². The summed E-state index contributed by atoms with van der Waals surface area (Å²) in [6.45, 7) is 4.66. The Morgan fingerprint density at radius 1 is 0.489 bits per heavy atom. The van der Waals surface area contributed by atoms with E-state index >= 15 is 0 Å². The average molecular weight is 578 g/mol. The molecule has 9 rings (SSSR count). The van der Waals surface area contributed by atoms with Crippen molar-refractivity contribution >= 4 is 49.8 Å². The number of hydrogen-bond acceptors (Lipinski definition) is 2. The van der Waals surface area contributed by atoms with E-state index in [1.165, 1.54) is 44.2 Å². The molecule has 0 unspecified atom stereocenters. The Balaban J connectivity index is 1.21. The zero-order valence-corrected chi connectivity index (χ0v) is 25.3. The molecule has 0 aliphatic heterocycles. The first-order chi connectivity index (χ1) is 22.1. The molecule has 7 aromatic carbocycles. The second kappa shape index (κ2) is 9.70. The van der Waals surface area contributed by atoms with Crippen LogP contribution >= 0.6 is 0 Å². The van der Waals surface area contributed by atoms with Crippen LogP contribution < -0.4 is 4.90 Å². The van der Waals surface area contributed by atoms with Gasteiger partial charge in [0.25, 0.3) is 0 Å². The average Bonchev–Trinajstić information content (AvgIpc) is 3.58. The van der Waals surface area contributed by atoms with Crippen LogP contribution in [0.1, 0.15) is 25.0 Å². The third-order valence-electron chi connectivity index (χ3n) is 9.67. The lowest BCUT2D eigenvalue weighted by Gasteiger charge is -2.27. The van der Waals surface area contributed by atoms with Crippen molar-refractivity contribution in [1.29, 1.82) is 0 Å². The minimum Gasteiger partial charge on any atom is -0.454 e. The topological polar surface area (TPSA) is 16.4 Å². The van der Waals surface area contributed by atoms with Crippen LogP contribution in [-0.2, 0) is 5.41 Å². The van der Waals surface area contributed by atoms with E-state index in [-0.39, 0.29) is 5.41 Å². The summed E-state index contributed by atoms with van der Waals surface area (Å²) in [5.41, 5.74) is 12.9. The maximum Gasteiger partial charge on any atom is 0.159 e. The van der Waals surface area contributed by atoms with Gasteiger partial charge >= 0.3 is 0 Å². The summed E-state index contributed by atoms with van der Waals surface area (Å²) >= 11 is 0. The molecule has 0 bridgehead atoms. The summed E-state index contributed by atoms with van der Waals surface area (Å²) in [5, 5.41) is 4.64. The number of anilines is 3. The highest BCUT2D eigenvalue weighted by Crippen LogP contribution is 2.50. The number of hydrogen-bond donors (Lipinski definition) is 0. The van der Waals surface area contributed by atoms with Gasteiger partial charge in [-0.05, 0) is 75.2 Å². The summed E-state index contributed by atoms with van der Waals surface area (Å²) in [4.78, 5) is 2.35. The molecule has 0 amide bonds. The summed E-state index contributed by atoms with van der Waals surface area (Å²) in [5.74, 6) is 0. The second-order valence-electron chi connectivity index (χ2n) is 12.6. The second-order valence-corrected chi connectivity index (χ2v) is 12.6. The summed E-state index contributed by atoms with van der Waals surface area (Å²) in [7, 11) is 0. The van der Waals surface area contributed by atoms with Gasteiger partial charge in [-0.1, -0.05) is 129 Å². The van der Waals surface area contributed by atoms with Gasteiger partial charge in [0.15, 0.2) is 5.58 Å². The number of rotatable bonds is 4. The van der Waals surface area contributed by atoms with Gasteiger partial charge in [-0.3, -0.25) is 0 Å². The van der Waals surface area contributed by atoms with Crippen molar-refractivity contribution in [3.63, 3.8) is 0 Å². The fourth-order valence-electron chi connectivity index (χ4n) is 7.42. The standard InChI is InChI=1S/C43H31NO/c1-43(2)37-17-7-5-14-33(37)36-27-30(23-26-38(36)43)28-21-24-31(25-22-28)44(39-18-9-12-29-11-3-4-13-32(29)39)40-19-10-16-35-34-15-6-8-20-41(34)45-42(35)40/h3-27H,1-2H3. The Kier molecular flexibility index (Phi) is 5.58. The van der Waals surface area contributed by atoms with Crippen molar-refractivity contribution in [3.05, 3.63) is 163 Å². The van der Waals surface area contributed by atoms with Crippen LogP contribution in [0.4, 0.5) is 17.1 Å². The van der Waals surface area contributed by atoms with Crippen LogP contribution in [0.5, 0.6) is 0 Å². The highest BCUT2D eigenvalue weighted by molar-refractivity contribution is 6.11. The molecule has 0 radical (unpaired) electrons. The summed E-state index contributed by atoms with van der Waals surface area (Å²) < 4.78 is 6.56. The third-order valence-corrected chi connectivity index (χ3v) is 9.67. The molecule has 45 heavy (non-hydrogen) atoms. The SMILES string of the molecule is CC1(C)c2ccccc2-c2cc(-c3ccc(N(c4cccc5ccccc45)c4cccc5c4oc4ccccc45)cc3)ccc21. The number of para-hydroxylation sites is 2. The lowest BCUT2D eigenvalue weighted by molar-refractivity contribution is 0.660. The van der Waals surface area contributed by atoms with Crippen LogP contribution in [0.15, 0.2) is 156 Å². The quantitative estimate of drug-likeness (QED) is 0.207. The third kappa shape index (κ3) is 3.89. The molecule has 0 N–H and O–H groups in total. The molecule has 2 nitrogen and oxygen atoms in total. The van der Waals surface area contributed by atoms with E-state index < -0.39 is 0 Å². The van der Waals surface area contributed by atoms with Gasteiger partial charge in [0.2, 0.25) is 0 Å². The molecule has 0 fully saturated rings. The summed E-state index contributed by atoms with van der Waals surface area (Å²) in [6.07, 6.45) is 0. The Labute approximate surface area is 262 Å². The van der Waals surface area contributed by atoms with Crippen molar-refractivity contribution in [2.24, 2.45) is 0 Å². The van der Waals surface area contributed by atoms with Gasteiger partial charge in [-0.25, -0.2) is 0 Å². The Morgan fingerprint density at radius 2 is 1.13 bits per heavy atom. The molecular weight excluding hydrogens is 546 g/mol. The van der Waals surface area contributed by atoms with Crippen LogP contribution in [0.2, 0.25) is 0 Å². The highest BCUT2D eigenvalue weighted by Gasteiger charge is 2.35. The first-order valence-electron chi connectivity index (χ1n) is 15.6. The van der Waals surface area contributed by atoms with E-state index in [1.807, 2.05) is 12.1 Å². The maximum absolute atomic E-state index is 6.56. The van der Waals surface area contributed by atoms with Gasteiger partial charge in [0.1, 0.15) is 5.58 Å². The Bertz CT molecular complexity index is 2410. The fourth-order valence-corrected chi connectivity index (χ4v) is 7.42. The minimum atomic E-state index is 0.00491. The maximum atomic E-state index is 6.56. The molecule has 0 spiro atoms. The van der Waals surface area contributed by atoms with Crippen LogP contribution in [0.3, 0.4) is 0 Å². The van der Waals surface area contributed by atoms with E-state index in [2.05, 4.69) is 158 Å². The van der Waals surface area contributed by atoms with Gasteiger partial charge < -0.3 is 9.32 Å². The minimum absolute atomic E-state index is 0.00491. The van der Waals surface area contributed by atoms with Crippen LogP contribution in [-0.4, -0.2) is 0 Å². The molecule has 1 aromatic heterocycles. The van der Waals surface area contributed by atoms with Gasteiger partial charge in [0, 0.05) is 27.3 Å². The van der Waals surface area contributed by atoms with E-state index in [4.69, 9.17) is 4.42 Å². The van der Waals surface area contributed by atoms with E-state index in [9.17, 15) is 0 Å². The molecule has 1 aliphatic rings. The van der Waals surface area contributed by atoms with Crippen molar-refractivity contribution in [3.8, 4) is 22.3 Å². The Hall–Kier alpha value is -5.60. The normalized spacial score (nSPS) is 13.3. The lowest BCUT2D eigenvalue weighted by atomic mass is 9.82. The van der Waals surface area contributed by atoms with Crippen LogP contribution in [0, 0.1) is 0 Å². The predicted molar refractivity (Wildman–Crippen MR) is 189 cm³/mol. The molecule has 1 heterocycles. The predicted octanol–water partition coefficient (Wildman–Crippen LogP) is 12.2. The summed E-state index contributed by atoms with van der Waals surface area (Å²) in [6, 6.07) is 54.6. The number of furan rings is 1. The van der Waals surface area contributed by atoms with Gasteiger partial charge in [0.05, 0.1) is 11.4 Å². The molecule has 0 saturated carbocycles. The lowest BCUT2D eigenvalue weighted by Crippen LogP contribution is -2.14. The molecule has 2 heteroatoms. The van der Waals surface area contributed by atoms with Crippen LogP contribution in [0.25, 0.3) is 55.0 Å². The fraction of sp³-hybridized carbons (Fsp3) is 0.0698. The van der Waals surface area contributed by atoms with Gasteiger partial charge in [-0.15, -0.1) is 0 Å². The van der Waals surface area contributed by atoms with Crippen molar-refractivity contribution in [1.82, 2.24) is 0 Å². The van der Waals surface area contributed by atoms with E-state index in [1.54, 1.807) is 0 Å². The van der Waals surface area contributed by atoms with Crippen molar-refractivity contribution in [2.45, 2.75) is 19.3 Å².